The Morgan fingerprint density at radius 3 is 2.58 bits per heavy atom. The molecule has 0 bridgehead atoms. The average Bonchev–Trinajstić information content (AvgIpc) is 2.85. The summed E-state index contributed by atoms with van der Waals surface area (Å²) in [6.07, 6.45) is 0. The van der Waals surface area contributed by atoms with Gasteiger partial charge in [-0.15, -0.1) is 11.3 Å². The lowest BCUT2D eigenvalue weighted by atomic mass is 10.2. The normalized spacial score (nSPS) is 12.5. The van der Waals surface area contributed by atoms with E-state index in [4.69, 9.17) is 11.6 Å². The molecule has 0 aliphatic carbocycles. The minimum Gasteiger partial charge on any atom is -0.376 e. The predicted octanol–water partition coefficient (Wildman–Crippen LogP) is 5.12. The molecule has 1 aromatic heterocycles. The van der Waals surface area contributed by atoms with E-state index in [1.165, 1.54) is 4.70 Å². The number of halogens is 1. The third-order valence-corrected chi connectivity index (χ3v) is 4.38. The molecule has 2 aromatic carbocycles. The minimum atomic E-state index is 0.179. The van der Waals surface area contributed by atoms with Gasteiger partial charge >= 0.3 is 0 Å². The molecular weight excluding hydrogens is 276 g/mol. The summed E-state index contributed by atoms with van der Waals surface area (Å²) in [5, 5.41) is 5.28. The number of para-hydroxylation sites is 1. The van der Waals surface area contributed by atoms with E-state index in [1.54, 1.807) is 11.3 Å². The maximum absolute atomic E-state index is 5.88. The Morgan fingerprint density at radius 2 is 1.84 bits per heavy atom. The van der Waals surface area contributed by atoms with Crippen molar-refractivity contribution in [1.82, 2.24) is 4.98 Å². The SMILES string of the molecule is CC(Nc1ccc(Cl)cc1)c1nc2ccccc2s1. The third kappa shape index (κ3) is 2.72. The second-order valence-corrected chi connectivity index (χ2v) is 5.89. The van der Waals surface area contributed by atoms with Gasteiger partial charge in [0.1, 0.15) is 5.01 Å². The predicted molar refractivity (Wildman–Crippen MR) is 83.1 cm³/mol. The molecule has 0 aliphatic rings. The molecule has 0 aliphatic heterocycles. The van der Waals surface area contributed by atoms with E-state index >= 15 is 0 Å². The van der Waals surface area contributed by atoms with Gasteiger partial charge in [0.25, 0.3) is 0 Å². The molecule has 0 saturated carbocycles. The largest absolute Gasteiger partial charge is 0.376 e. The van der Waals surface area contributed by atoms with Gasteiger partial charge in [-0.3, -0.25) is 0 Å². The van der Waals surface area contributed by atoms with E-state index in [0.29, 0.717) is 0 Å². The summed E-state index contributed by atoms with van der Waals surface area (Å²) in [6.45, 7) is 2.12. The summed E-state index contributed by atoms with van der Waals surface area (Å²) in [4.78, 5) is 4.66. The molecule has 0 amide bonds. The third-order valence-electron chi connectivity index (χ3n) is 2.91. The lowest BCUT2D eigenvalue weighted by Gasteiger charge is -2.12. The number of hydrogen-bond donors (Lipinski definition) is 1. The molecule has 4 heteroatoms. The van der Waals surface area contributed by atoms with Crippen molar-refractivity contribution in [3.05, 3.63) is 58.6 Å². The summed E-state index contributed by atoms with van der Waals surface area (Å²) in [5.41, 5.74) is 2.11. The first kappa shape index (κ1) is 12.5. The van der Waals surface area contributed by atoms with Crippen LogP contribution in [0.4, 0.5) is 5.69 Å². The van der Waals surface area contributed by atoms with Crippen LogP contribution in [0.3, 0.4) is 0 Å². The molecule has 1 N–H and O–H groups in total. The van der Waals surface area contributed by atoms with E-state index in [2.05, 4.69) is 23.3 Å². The number of thiazole rings is 1. The number of nitrogens with one attached hydrogen (secondary N) is 1. The lowest BCUT2D eigenvalue weighted by Crippen LogP contribution is -2.05. The molecule has 3 rings (SSSR count). The zero-order chi connectivity index (χ0) is 13.2. The van der Waals surface area contributed by atoms with E-state index < -0.39 is 0 Å². The fourth-order valence-electron chi connectivity index (χ4n) is 1.93. The number of aromatic nitrogens is 1. The van der Waals surface area contributed by atoms with Gasteiger partial charge in [0.2, 0.25) is 0 Å². The zero-order valence-electron chi connectivity index (χ0n) is 10.4. The topological polar surface area (TPSA) is 24.9 Å². The monoisotopic (exact) mass is 288 g/mol. The van der Waals surface area contributed by atoms with Gasteiger partial charge in [-0.1, -0.05) is 23.7 Å². The van der Waals surface area contributed by atoms with Crippen LogP contribution in [-0.2, 0) is 0 Å². The van der Waals surface area contributed by atoms with Crippen molar-refractivity contribution in [3.63, 3.8) is 0 Å². The highest BCUT2D eigenvalue weighted by Crippen LogP contribution is 2.28. The summed E-state index contributed by atoms with van der Waals surface area (Å²) in [7, 11) is 0. The van der Waals surface area contributed by atoms with Crippen LogP contribution in [0.2, 0.25) is 5.02 Å². The molecule has 19 heavy (non-hydrogen) atoms. The second kappa shape index (κ2) is 5.19. The van der Waals surface area contributed by atoms with Gasteiger partial charge in [-0.25, -0.2) is 4.98 Å². The van der Waals surface area contributed by atoms with Crippen molar-refractivity contribution in [2.45, 2.75) is 13.0 Å². The summed E-state index contributed by atoms with van der Waals surface area (Å²) < 4.78 is 1.22. The Hall–Kier alpha value is -1.58. The van der Waals surface area contributed by atoms with Crippen LogP contribution < -0.4 is 5.32 Å². The molecule has 1 heterocycles. The van der Waals surface area contributed by atoms with Crippen LogP contribution in [0, 0.1) is 0 Å². The van der Waals surface area contributed by atoms with Crippen LogP contribution in [0.25, 0.3) is 10.2 Å². The molecule has 1 unspecified atom stereocenters. The first-order valence-electron chi connectivity index (χ1n) is 6.10. The minimum absolute atomic E-state index is 0.179. The summed E-state index contributed by atoms with van der Waals surface area (Å²) >= 11 is 7.61. The molecule has 2 nitrogen and oxygen atoms in total. The van der Waals surface area contributed by atoms with Crippen molar-refractivity contribution in [2.75, 3.05) is 5.32 Å². The standard InChI is InChI=1S/C15H13ClN2S/c1-10(17-12-8-6-11(16)7-9-12)15-18-13-4-2-3-5-14(13)19-15/h2-10,17H,1H3. The van der Waals surface area contributed by atoms with E-state index in [1.807, 2.05) is 42.5 Å². The molecule has 1 atom stereocenters. The van der Waals surface area contributed by atoms with Crippen molar-refractivity contribution in [1.29, 1.82) is 0 Å². The van der Waals surface area contributed by atoms with Gasteiger partial charge in [-0.2, -0.15) is 0 Å². The Bertz CT molecular complexity index is 658. The van der Waals surface area contributed by atoms with E-state index in [9.17, 15) is 0 Å². The second-order valence-electron chi connectivity index (χ2n) is 4.39. The Labute approximate surface area is 121 Å². The number of fused-ring (bicyclic) bond motifs is 1. The fourth-order valence-corrected chi connectivity index (χ4v) is 3.03. The van der Waals surface area contributed by atoms with Crippen molar-refractivity contribution in [3.8, 4) is 0 Å². The van der Waals surface area contributed by atoms with Crippen LogP contribution in [0.5, 0.6) is 0 Å². The zero-order valence-corrected chi connectivity index (χ0v) is 12.0. The molecular formula is C15H13ClN2S. The van der Waals surface area contributed by atoms with Gasteiger partial charge in [-0.05, 0) is 43.3 Å². The van der Waals surface area contributed by atoms with Crippen LogP contribution in [0.15, 0.2) is 48.5 Å². The molecule has 0 saturated heterocycles. The number of anilines is 1. The highest BCUT2D eigenvalue weighted by Gasteiger charge is 2.11. The maximum Gasteiger partial charge on any atom is 0.116 e. The lowest BCUT2D eigenvalue weighted by molar-refractivity contribution is 0.874. The van der Waals surface area contributed by atoms with Gasteiger partial charge in [0.05, 0.1) is 16.3 Å². The number of nitrogens with zero attached hydrogens (tertiary/aromatic N) is 1. The first-order valence-corrected chi connectivity index (χ1v) is 7.29. The van der Waals surface area contributed by atoms with Crippen LogP contribution >= 0.6 is 22.9 Å². The quantitative estimate of drug-likeness (QED) is 0.723. The summed E-state index contributed by atoms with van der Waals surface area (Å²) in [5.74, 6) is 0. The Balaban J connectivity index is 1.83. The highest BCUT2D eigenvalue weighted by molar-refractivity contribution is 7.18. The van der Waals surface area contributed by atoms with Gasteiger partial charge < -0.3 is 5.32 Å². The van der Waals surface area contributed by atoms with Crippen LogP contribution in [-0.4, -0.2) is 4.98 Å². The smallest absolute Gasteiger partial charge is 0.116 e. The molecule has 0 spiro atoms. The van der Waals surface area contributed by atoms with Gasteiger partial charge in [0, 0.05) is 10.7 Å². The summed E-state index contributed by atoms with van der Waals surface area (Å²) in [6, 6.07) is 16.1. The van der Waals surface area contributed by atoms with Crippen molar-refractivity contribution >= 4 is 38.8 Å². The molecule has 96 valence electrons. The molecule has 0 fully saturated rings. The van der Waals surface area contributed by atoms with Crippen molar-refractivity contribution in [2.24, 2.45) is 0 Å². The van der Waals surface area contributed by atoms with Gasteiger partial charge in [0.15, 0.2) is 0 Å². The highest BCUT2D eigenvalue weighted by atomic mass is 35.5. The number of hydrogen-bond acceptors (Lipinski definition) is 3. The fraction of sp³-hybridized carbons (Fsp3) is 0.133. The van der Waals surface area contributed by atoms with Crippen molar-refractivity contribution < 1.29 is 0 Å². The average molecular weight is 289 g/mol. The van der Waals surface area contributed by atoms with Crippen LogP contribution in [0.1, 0.15) is 18.0 Å². The number of rotatable bonds is 3. The Kier molecular flexibility index (Phi) is 3.40. The molecule has 0 radical (unpaired) electrons. The Morgan fingerprint density at radius 1 is 1.11 bits per heavy atom. The maximum atomic E-state index is 5.88. The number of benzene rings is 2. The molecule has 3 aromatic rings. The van der Waals surface area contributed by atoms with E-state index in [-0.39, 0.29) is 6.04 Å². The first-order chi connectivity index (χ1) is 9.22. The van der Waals surface area contributed by atoms with E-state index in [0.717, 1.165) is 21.2 Å².